The van der Waals surface area contributed by atoms with Gasteiger partial charge in [0.05, 0.1) is 6.10 Å². The number of aliphatic hydroxyl groups is 1. The molecule has 0 aliphatic heterocycles. The van der Waals surface area contributed by atoms with E-state index >= 15 is 0 Å². The van der Waals surface area contributed by atoms with Gasteiger partial charge >= 0.3 is 0 Å². The molecule has 92 valence electrons. The maximum atomic E-state index is 10.1. The van der Waals surface area contributed by atoms with Crippen LogP contribution in [0.4, 0.5) is 0 Å². The van der Waals surface area contributed by atoms with Crippen molar-refractivity contribution >= 4 is 0 Å². The highest BCUT2D eigenvalue weighted by molar-refractivity contribution is 4.97. The normalized spacial score (nSPS) is 14.4. The van der Waals surface area contributed by atoms with Crippen LogP contribution >= 0.6 is 0 Å². The van der Waals surface area contributed by atoms with Crippen molar-refractivity contribution < 1.29 is 5.11 Å². The summed E-state index contributed by atoms with van der Waals surface area (Å²) in [6.07, 6.45) is 1.45. The van der Waals surface area contributed by atoms with E-state index in [2.05, 4.69) is 29.4 Å². The van der Waals surface area contributed by atoms with Crippen LogP contribution in [-0.2, 0) is 6.54 Å². The van der Waals surface area contributed by atoms with Crippen LogP contribution in [0.3, 0.4) is 0 Å². The number of nitrogens with zero attached hydrogens (tertiary/aromatic N) is 1. The molecule has 0 saturated carbocycles. The Labute approximate surface area is 97.5 Å². The molecule has 3 N–H and O–H groups in total. The zero-order chi connectivity index (χ0) is 12.2. The third-order valence-electron chi connectivity index (χ3n) is 2.89. The SMILES string of the molecule is CC(C)C(O)C(C)(C)CNCc1ccn[nH]1. The molecule has 1 aromatic rings. The van der Waals surface area contributed by atoms with Crippen LogP contribution in [0.1, 0.15) is 33.4 Å². The summed E-state index contributed by atoms with van der Waals surface area (Å²) >= 11 is 0. The Balaban J connectivity index is 2.36. The minimum Gasteiger partial charge on any atom is -0.392 e. The zero-order valence-electron chi connectivity index (χ0n) is 10.6. The maximum absolute atomic E-state index is 10.1. The van der Waals surface area contributed by atoms with Gasteiger partial charge in [-0.3, -0.25) is 5.10 Å². The molecule has 0 saturated heterocycles. The highest BCUT2D eigenvalue weighted by atomic mass is 16.3. The summed E-state index contributed by atoms with van der Waals surface area (Å²) in [4.78, 5) is 0. The fourth-order valence-corrected chi connectivity index (χ4v) is 1.91. The topological polar surface area (TPSA) is 60.9 Å². The average molecular weight is 225 g/mol. The number of nitrogens with one attached hydrogen (secondary N) is 2. The van der Waals surface area contributed by atoms with Gasteiger partial charge in [-0.2, -0.15) is 5.10 Å². The number of aliphatic hydroxyl groups excluding tert-OH is 1. The molecule has 1 aromatic heterocycles. The van der Waals surface area contributed by atoms with Gasteiger partial charge in [-0.15, -0.1) is 0 Å². The van der Waals surface area contributed by atoms with Crippen molar-refractivity contribution in [2.24, 2.45) is 11.3 Å². The van der Waals surface area contributed by atoms with Gasteiger partial charge < -0.3 is 10.4 Å². The van der Waals surface area contributed by atoms with Gasteiger partial charge in [0.15, 0.2) is 0 Å². The summed E-state index contributed by atoms with van der Waals surface area (Å²) in [7, 11) is 0. The largest absolute Gasteiger partial charge is 0.392 e. The van der Waals surface area contributed by atoms with Gasteiger partial charge in [0, 0.05) is 30.4 Å². The van der Waals surface area contributed by atoms with Crippen molar-refractivity contribution in [1.82, 2.24) is 15.5 Å². The standard InChI is InChI=1S/C12H23N3O/c1-9(2)11(16)12(3,4)8-13-7-10-5-6-14-15-10/h5-6,9,11,13,16H,7-8H2,1-4H3,(H,14,15). The summed E-state index contributed by atoms with van der Waals surface area (Å²) in [5.74, 6) is 0.281. The lowest BCUT2D eigenvalue weighted by Gasteiger charge is -2.33. The van der Waals surface area contributed by atoms with Gasteiger partial charge in [-0.25, -0.2) is 0 Å². The van der Waals surface area contributed by atoms with Crippen LogP contribution in [0, 0.1) is 11.3 Å². The molecule has 1 rings (SSSR count). The van der Waals surface area contributed by atoms with E-state index in [4.69, 9.17) is 0 Å². The van der Waals surface area contributed by atoms with E-state index in [0.29, 0.717) is 0 Å². The van der Waals surface area contributed by atoms with Crippen LogP contribution in [-0.4, -0.2) is 28.0 Å². The maximum Gasteiger partial charge on any atom is 0.0626 e. The fraction of sp³-hybridized carbons (Fsp3) is 0.750. The van der Waals surface area contributed by atoms with Gasteiger partial charge in [0.25, 0.3) is 0 Å². The predicted molar refractivity (Wildman–Crippen MR) is 64.9 cm³/mol. The monoisotopic (exact) mass is 225 g/mol. The predicted octanol–water partition coefficient (Wildman–Crippen LogP) is 1.54. The number of aromatic amines is 1. The van der Waals surface area contributed by atoms with Crippen molar-refractivity contribution in [2.75, 3.05) is 6.54 Å². The molecule has 0 fully saturated rings. The molecule has 4 nitrogen and oxygen atoms in total. The lowest BCUT2D eigenvalue weighted by Crippen LogP contribution is -2.41. The molecule has 0 spiro atoms. The van der Waals surface area contributed by atoms with E-state index < -0.39 is 0 Å². The van der Waals surface area contributed by atoms with Crippen LogP contribution in [0.15, 0.2) is 12.3 Å². The van der Waals surface area contributed by atoms with Gasteiger partial charge in [0.2, 0.25) is 0 Å². The molecular weight excluding hydrogens is 202 g/mol. The first-order valence-electron chi connectivity index (χ1n) is 5.80. The van der Waals surface area contributed by atoms with E-state index in [1.165, 1.54) is 0 Å². The summed E-state index contributed by atoms with van der Waals surface area (Å²) in [6, 6.07) is 1.94. The quantitative estimate of drug-likeness (QED) is 0.688. The molecule has 0 radical (unpaired) electrons. The molecule has 0 aliphatic carbocycles. The molecule has 4 heteroatoms. The van der Waals surface area contributed by atoms with Crippen LogP contribution < -0.4 is 5.32 Å². The van der Waals surface area contributed by atoms with Crippen LogP contribution in [0.25, 0.3) is 0 Å². The second kappa shape index (κ2) is 5.46. The first-order chi connectivity index (χ1) is 7.43. The van der Waals surface area contributed by atoms with Gasteiger partial charge in [-0.05, 0) is 12.0 Å². The van der Waals surface area contributed by atoms with E-state index in [1.54, 1.807) is 6.20 Å². The average Bonchev–Trinajstić information content (AvgIpc) is 2.69. The molecule has 16 heavy (non-hydrogen) atoms. The number of rotatable bonds is 6. The van der Waals surface area contributed by atoms with Gasteiger partial charge in [0.1, 0.15) is 0 Å². The number of H-pyrrole nitrogens is 1. The Bertz CT molecular complexity index is 293. The molecule has 0 bridgehead atoms. The third-order valence-corrected chi connectivity index (χ3v) is 2.89. The Hall–Kier alpha value is -0.870. The molecule has 1 unspecified atom stereocenters. The number of aromatic nitrogens is 2. The number of hydrogen-bond acceptors (Lipinski definition) is 3. The van der Waals surface area contributed by atoms with Crippen LogP contribution in [0.2, 0.25) is 0 Å². The first-order valence-corrected chi connectivity index (χ1v) is 5.80. The minimum absolute atomic E-state index is 0.117. The van der Waals surface area contributed by atoms with Crippen molar-refractivity contribution in [1.29, 1.82) is 0 Å². The first kappa shape index (κ1) is 13.2. The Morgan fingerprint density at radius 1 is 1.50 bits per heavy atom. The number of hydrogen-bond donors (Lipinski definition) is 3. The van der Waals surface area contributed by atoms with Crippen LogP contribution in [0.5, 0.6) is 0 Å². The summed E-state index contributed by atoms with van der Waals surface area (Å²) < 4.78 is 0. The molecule has 0 aliphatic rings. The minimum atomic E-state index is -0.290. The van der Waals surface area contributed by atoms with E-state index in [1.807, 2.05) is 19.9 Å². The van der Waals surface area contributed by atoms with E-state index in [0.717, 1.165) is 18.8 Å². The Kier molecular flexibility index (Phi) is 4.50. The smallest absolute Gasteiger partial charge is 0.0626 e. The summed E-state index contributed by atoms with van der Waals surface area (Å²) in [6.45, 7) is 9.79. The third kappa shape index (κ3) is 3.61. The van der Waals surface area contributed by atoms with Crippen molar-refractivity contribution in [3.8, 4) is 0 Å². The zero-order valence-corrected chi connectivity index (χ0v) is 10.6. The molecule has 1 heterocycles. The molecule has 1 atom stereocenters. The second-order valence-corrected chi connectivity index (χ2v) is 5.36. The highest BCUT2D eigenvalue weighted by Gasteiger charge is 2.29. The second-order valence-electron chi connectivity index (χ2n) is 5.36. The van der Waals surface area contributed by atoms with E-state index in [9.17, 15) is 5.11 Å². The molecular formula is C12H23N3O. The fourth-order valence-electron chi connectivity index (χ4n) is 1.91. The lowest BCUT2D eigenvalue weighted by molar-refractivity contribution is 0.0134. The van der Waals surface area contributed by atoms with E-state index in [-0.39, 0.29) is 17.4 Å². The highest BCUT2D eigenvalue weighted by Crippen LogP contribution is 2.25. The lowest BCUT2D eigenvalue weighted by atomic mass is 9.81. The summed E-state index contributed by atoms with van der Waals surface area (Å²) in [5.41, 5.74) is 0.948. The van der Waals surface area contributed by atoms with Crippen molar-refractivity contribution in [3.63, 3.8) is 0 Å². The Morgan fingerprint density at radius 2 is 2.19 bits per heavy atom. The summed E-state index contributed by atoms with van der Waals surface area (Å²) in [5, 5.41) is 20.2. The van der Waals surface area contributed by atoms with Crippen molar-refractivity contribution in [2.45, 2.75) is 40.3 Å². The molecule has 0 aromatic carbocycles. The van der Waals surface area contributed by atoms with Gasteiger partial charge in [-0.1, -0.05) is 27.7 Å². The van der Waals surface area contributed by atoms with Crippen molar-refractivity contribution in [3.05, 3.63) is 18.0 Å². The molecule has 0 amide bonds. The Morgan fingerprint density at radius 3 is 2.69 bits per heavy atom.